The second kappa shape index (κ2) is 7.41. The number of benzene rings is 1. The molecule has 0 atom stereocenters. The summed E-state index contributed by atoms with van der Waals surface area (Å²) < 4.78 is 26.3. The molecule has 0 amide bonds. The zero-order chi connectivity index (χ0) is 15.2. The molecule has 0 aliphatic rings. The van der Waals surface area contributed by atoms with Gasteiger partial charge in [0.2, 0.25) is 10.0 Å². The third-order valence-corrected chi connectivity index (χ3v) is 4.96. The molecule has 6 heteroatoms. The van der Waals surface area contributed by atoms with Crippen LogP contribution in [0.15, 0.2) is 23.1 Å². The van der Waals surface area contributed by atoms with E-state index in [1.165, 1.54) is 4.31 Å². The number of nitrogens with zero attached hydrogens (tertiary/aromatic N) is 1. The van der Waals surface area contributed by atoms with Gasteiger partial charge in [-0.1, -0.05) is 24.8 Å². The minimum Gasteiger partial charge on any atom is -0.395 e. The molecule has 1 rings (SSSR count). The Morgan fingerprint density at radius 1 is 1.40 bits per heavy atom. The molecule has 0 aromatic heterocycles. The topological polar surface area (TPSA) is 83.6 Å². The van der Waals surface area contributed by atoms with E-state index < -0.39 is 10.0 Å². The Labute approximate surface area is 120 Å². The third-order valence-electron chi connectivity index (χ3n) is 2.84. The van der Waals surface area contributed by atoms with Gasteiger partial charge in [-0.3, -0.25) is 0 Å². The Hall–Kier alpha value is -1.39. The van der Waals surface area contributed by atoms with Crippen LogP contribution in [0, 0.1) is 18.8 Å². The SMILES string of the molecule is CCN(CCO)S(=O)(=O)c1cc(C#CCN)ccc1C. The molecule has 0 heterocycles. The Bertz CT molecular complexity index is 615. The molecule has 0 unspecified atom stereocenters. The van der Waals surface area contributed by atoms with Crippen LogP contribution in [0.5, 0.6) is 0 Å². The minimum atomic E-state index is -3.62. The van der Waals surface area contributed by atoms with E-state index in [1.807, 2.05) is 0 Å². The molecule has 0 fully saturated rings. The summed E-state index contributed by atoms with van der Waals surface area (Å²) in [5, 5.41) is 8.98. The number of aliphatic hydroxyl groups excluding tert-OH is 1. The number of aliphatic hydroxyl groups is 1. The molecule has 0 bridgehead atoms. The average Bonchev–Trinajstić information content (AvgIpc) is 2.43. The van der Waals surface area contributed by atoms with E-state index in [0.717, 1.165) is 0 Å². The summed E-state index contributed by atoms with van der Waals surface area (Å²) in [4.78, 5) is 0.219. The van der Waals surface area contributed by atoms with Crippen LogP contribution in [0.4, 0.5) is 0 Å². The minimum absolute atomic E-state index is 0.0803. The average molecular weight is 296 g/mol. The van der Waals surface area contributed by atoms with Crippen molar-refractivity contribution in [2.24, 2.45) is 5.73 Å². The number of hydrogen-bond donors (Lipinski definition) is 2. The molecule has 3 N–H and O–H groups in total. The highest BCUT2D eigenvalue weighted by atomic mass is 32.2. The van der Waals surface area contributed by atoms with Gasteiger partial charge in [-0.15, -0.1) is 0 Å². The van der Waals surface area contributed by atoms with Crippen LogP contribution in [-0.4, -0.2) is 44.1 Å². The van der Waals surface area contributed by atoms with Crippen LogP contribution >= 0.6 is 0 Å². The quantitative estimate of drug-likeness (QED) is 0.766. The summed E-state index contributed by atoms with van der Waals surface area (Å²) in [5.41, 5.74) is 6.57. The second-order valence-corrected chi connectivity index (χ2v) is 6.11. The van der Waals surface area contributed by atoms with Crippen LogP contribution in [-0.2, 0) is 10.0 Å². The molecule has 1 aromatic carbocycles. The van der Waals surface area contributed by atoms with Crippen LogP contribution in [0.25, 0.3) is 0 Å². The number of likely N-dealkylation sites (N-methyl/N-ethyl adjacent to an activating group) is 1. The van der Waals surface area contributed by atoms with Crippen LogP contribution in [0.2, 0.25) is 0 Å². The van der Waals surface area contributed by atoms with E-state index in [-0.39, 0.29) is 24.6 Å². The molecule has 0 aliphatic heterocycles. The Kier molecular flexibility index (Phi) is 6.17. The molecule has 1 aromatic rings. The summed E-state index contributed by atoms with van der Waals surface area (Å²) in [6, 6.07) is 5.03. The zero-order valence-corrected chi connectivity index (χ0v) is 12.6. The van der Waals surface area contributed by atoms with Gasteiger partial charge in [0.25, 0.3) is 0 Å². The lowest BCUT2D eigenvalue weighted by atomic mass is 10.1. The summed E-state index contributed by atoms with van der Waals surface area (Å²) in [6.45, 7) is 3.87. The van der Waals surface area contributed by atoms with Crippen LogP contribution in [0.3, 0.4) is 0 Å². The lowest BCUT2D eigenvalue weighted by Gasteiger charge is -2.20. The molecule has 0 spiro atoms. The lowest BCUT2D eigenvalue weighted by Crippen LogP contribution is -2.33. The summed E-state index contributed by atoms with van der Waals surface area (Å²) in [6.07, 6.45) is 0. The fourth-order valence-electron chi connectivity index (χ4n) is 1.81. The smallest absolute Gasteiger partial charge is 0.243 e. The predicted octanol–water partition coefficient (Wildman–Crippen LogP) is 0.308. The number of rotatable bonds is 5. The zero-order valence-electron chi connectivity index (χ0n) is 11.8. The molecule has 110 valence electrons. The van der Waals surface area contributed by atoms with Crippen molar-refractivity contribution in [3.8, 4) is 11.8 Å². The van der Waals surface area contributed by atoms with Gasteiger partial charge in [-0.05, 0) is 24.6 Å². The van der Waals surface area contributed by atoms with Gasteiger partial charge in [-0.25, -0.2) is 8.42 Å². The van der Waals surface area contributed by atoms with Crippen molar-refractivity contribution in [2.75, 3.05) is 26.2 Å². The van der Waals surface area contributed by atoms with Gasteiger partial charge in [0, 0.05) is 18.7 Å². The van der Waals surface area contributed by atoms with Crippen molar-refractivity contribution < 1.29 is 13.5 Å². The third kappa shape index (κ3) is 3.81. The highest BCUT2D eigenvalue weighted by Crippen LogP contribution is 2.21. The monoisotopic (exact) mass is 296 g/mol. The second-order valence-electron chi connectivity index (χ2n) is 4.21. The Morgan fingerprint density at radius 3 is 2.65 bits per heavy atom. The van der Waals surface area contributed by atoms with Gasteiger partial charge in [-0.2, -0.15) is 4.31 Å². The van der Waals surface area contributed by atoms with E-state index in [9.17, 15) is 8.42 Å². The molecular weight excluding hydrogens is 276 g/mol. The maximum Gasteiger partial charge on any atom is 0.243 e. The molecule has 0 saturated carbocycles. The number of hydrogen-bond acceptors (Lipinski definition) is 4. The molecule has 0 saturated heterocycles. The number of aryl methyl sites for hydroxylation is 1. The Morgan fingerprint density at radius 2 is 2.10 bits per heavy atom. The van der Waals surface area contributed by atoms with Gasteiger partial charge in [0.1, 0.15) is 0 Å². The first-order valence-corrected chi connectivity index (χ1v) is 7.82. The molecular formula is C14H20N2O3S. The summed E-state index contributed by atoms with van der Waals surface area (Å²) >= 11 is 0. The van der Waals surface area contributed by atoms with E-state index in [4.69, 9.17) is 10.8 Å². The highest BCUT2D eigenvalue weighted by molar-refractivity contribution is 7.89. The van der Waals surface area contributed by atoms with E-state index in [1.54, 1.807) is 32.0 Å². The van der Waals surface area contributed by atoms with Crippen molar-refractivity contribution in [3.63, 3.8) is 0 Å². The van der Waals surface area contributed by atoms with Gasteiger partial charge < -0.3 is 10.8 Å². The van der Waals surface area contributed by atoms with Crippen molar-refractivity contribution >= 4 is 10.0 Å². The standard InChI is InChI=1S/C14H20N2O3S/c1-3-16(9-10-17)20(18,19)14-11-13(5-4-8-15)7-6-12(14)2/h6-7,11,17H,3,8-10,15H2,1-2H3. The molecule has 20 heavy (non-hydrogen) atoms. The van der Waals surface area contributed by atoms with Crippen LogP contribution in [0.1, 0.15) is 18.1 Å². The van der Waals surface area contributed by atoms with E-state index >= 15 is 0 Å². The fraction of sp³-hybridized carbons (Fsp3) is 0.429. The largest absolute Gasteiger partial charge is 0.395 e. The van der Waals surface area contributed by atoms with Gasteiger partial charge in [0.15, 0.2) is 0 Å². The van der Waals surface area contributed by atoms with Crippen molar-refractivity contribution in [3.05, 3.63) is 29.3 Å². The summed E-state index contributed by atoms with van der Waals surface area (Å²) in [5.74, 6) is 5.53. The first-order valence-electron chi connectivity index (χ1n) is 6.38. The van der Waals surface area contributed by atoms with Crippen LogP contribution < -0.4 is 5.73 Å². The predicted molar refractivity (Wildman–Crippen MR) is 78.6 cm³/mol. The summed E-state index contributed by atoms with van der Waals surface area (Å²) in [7, 11) is -3.62. The van der Waals surface area contributed by atoms with Gasteiger partial charge >= 0.3 is 0 Å². The first kappa shape index (κ1) is 16.7. The lowest BCUT2D eigenvalue weighted by molar-refractivity contribution is 0.257. The highest BCUT2D eigenvalue weighted by Gasteiger charge is 2.24. The van der Waals surface area contributed by atoms with Crippen molar-refractivity contribution in [2.45, 2.75) is 18.7 Å². The van der Waals surface area contributed by atoms with E-state index in [2.05, 4.69) is 11.8 Å². The molecule has 0 radical (unpaired) electrons. The molecule has 5 nitrogen and oxygen atoms in total. The normalized spacial score (nSPS) is 11.2. The first-order chi connectivity index (χ1) is 9.47. The maximum atomic E-state index is 12.5. The number of nitrogens with two attached hydrogens (primary N) is 1. The maximum absolute atomic E-state index is 12.5. The fourth-order valence-corrected chi connectivity index (χ4v) is 3.50. The number of sulfonamides is 1. The van der Waals surface area contributed by atoms with Gasteiger partial charge in [0.05, 0.1) is 18.0 Å². The van der Waals surface area contributed by atoms with E-state index in [0.29, 0.717) is 17.7 Å². The van der Waals surface area contributed by atoms with Crippen molar-refractivity contribution in [1.29, 1.82) is 0 Å². The Balaban J connectivity index is 3.29. The molecule has 0 aliphatic carbocycles. The van der Waals surface area contributed by atoms with Crippen molar-refractivity contribution in [1.82, 2.24) is 4.31 Å².